The van der Waals surface area contributed by atoms with E-state index in [0.717, 1.165) is 43.1 Å². The molecule has 0 amide bonds. The fourth-order valence-corrected chi connectivity index (χ4v) is 1.94. The van der Waals surface area contributed by atoms with Crippen LogP contribution in [0.15, 0.2) is 4.52 Å². The van der Waals surface area contributed by atoms with Crippen LogP contribution in [0.3, 0.4) is 0 Å². The molecule has 2 N–H and O–H groups in total. The lowest BCUT2D eigenvalue weighted by Gasteiger charge is -2.20. The third-order valence-electron chi connectivity index (χ3n) is 2.81. The summed E-state index contributed by atoms with van der Waals surface area (Å²) >= 11 is 0. The lowest BCUT2D eigenvalue weighted by molar-refractivity contribution is 0.0788. The van der Waals surface area contributed by atoms with Crippen molar-refractivity contribution in [3.8, 4) is 0 Å². The number of rotatable bonds is 2. The van der Waals surface area contributed by atoms with Gasteiger partial charge in [-0.2, -0.15) is 0 Å². The molecule has 1 fully saturated rings. The maximum atomic E-state index is 5.67. The minimum Gasteiger partial charge on any atom is -0.381 e. The van der Waals surface area contributed by atoms with Gasteiger partial charge >= 0.3 is 0 Å². The zero-order chi connectivity index (χ0) is 9.97. The summed E-state index contributed by atoms with van der Waals surface area (Å²) in [5, 5.41) is 3.97. The molecule has 1 aliphatic rings. The number of nitrogens with zero attached hydrogens (tertiary/aromatic N) is 1. The van der Waals surface area contributed by atoms with Crippen LogP contribution in [0.4, 0.5) is 0 Å². The molecule has 14 heavy (non-hydrogen) atoms. The van der Waals surface area contributed by atoms with Crippen LogP contribution in [0.5, 0.6) is 0 Å². The Hall–Kier alpha value is -0.870. The van der Waals surface area contributed by atoms with E-state index in [1.807, 2.05) is 6.92 Å². The van der Waals surface area contributed by atoms with Crippen molar-refractivity contribution in [3.05, 3.63) is 17.0 Å². The van der Waals surface area contributed by atoms with Crippen molar-refractivity contribution in [2.45, 2.75) is 32.2 Å². The first-order valence-corrected chi connectivity index (χ1v) is 5.05. The quantitative estimate of drug-likeness (QED) is 0.775. The number of aryl methyl sites for hydroxylation is 1. The van der Waals surface area contributed by atoms with Gasteiger partial charge in [0, 0.05) is 31.2 Å². The van der Waals surface area contributed by atoms with E-state index in [0.29, 0.717) is 12.5 Å². The van der Waals surface area contributed by atoms with E-state index in [2.05, 4.69) is 5.16 Å². The minimum absolute atomic E-state index is 0.448. The second kappa shape index (κ2) is 4.11. The number of nitrogens with two attached hydrogens (primary N) is 1. The zero-order valence-electron chi connectivity index (χ0n) is 8.45. The van der Waals surface area contributed by atoms with Crippen LogP contribution < -0.4 is 5.73 Å². The van der Waals surface area contributed by atoms with Gasteiger partial charge in [0.15, 0.2) is 0 Å². The van der Waals surface area contributed by atoms with Crippen molar-refractivity contribution in [2.24, 2.45) is 5.73 Å². The Bertz CT molecular complexity index is 303. The summed E-state index contributed by atoms with van der Waals surface area (Å²) in [5.41, 5.74) is 7.68. The predicted octanol–water partition coefficient (Wildman–Crippen LogP) is 1.34. The summed E-state index contributed by atoms with van der Waals surface area (Å²) in [5.74, 6) is 1.43. The van der Waals surface area contributed by atoms with Crippen LogP contribution in [0.25, 0.3) is 0 Å². The van der Waals surface area contributed by atoms with E-state index >= 15 is 0 Å². The SMILES string of the molecule is Cc1noc(C2CCOCC2)c1CN. The highest BCUT2D eigenvalue weighted by Crippen LogP contribution is 2.30. The van der Waals surface area contributed by atoms with E-state index < -0.39 is 0 Å². The summed E-state index contributed by atoms with van der Waals surface area (Å²) in [6.07, 6.45) is 2.03. The standard InChI is InChI=1S/C10H16N2O2/c1-7-9(6-11)10(14-12-7)8-2-4-13-5-3-8/h8H,2-6,11H2,1H3. The Morgan fingerprint density at radius 3 is 2.79 bits per heavy atom. The lowest BCUT2D eigenvalue weighted by atomic mass is 9.94. The van der Waals surface area contributed by atoms with Crippen LogP contribution >= 0.6 is 0 Å². The Morgan fingerprint density at radius 2 is 2.14 bits per heavy atom. The van der Waals surface area contributed by atoms with Crippen molar-refractivity contribution in [2.75, 3.05) is 13.2 Å². The summed E-state index contributed by atoms with van der Waals surface area (Å²) in [6, 6.07) is 0. The van der Waals surface area contributed by atoms with Gasteiger partial charge in [-0.05, 0) is 19.8 Å². The van der Waals surface area contributed by atoms with E-state index in [9.17, 15) is 0 Å². The first kappa shape index (κ1) is 9.68. The predicted molar refractivity (Wildman–Crippen MR) is 51.9 cm³/mol. The fourth-order valence-electron chi connectivity index (χ4n) is 1.94. The average molecular weight is 196 g/mol. The van der Waals surface area contributed by atoms with Crippen LogP contribution in [-0.2, 0) is 11.3 Å². The summed E-state index contributed by atoms with van der Waals surface area (Å²) in [7, 11) is 0. The average Bonchev–Trinajstić information content (AvgIpc) is 2.61. The van der Waals surface area contributed by atoms with Gasteiger partial charge in [0.25, 0.3) is 0 Å². The van der Waals surface area contributed by atoms with Gasteiger partial charge in [-0.1, -0.05) is 5.16 Å². The Morgan fingerprint density at radius 1 is 1.43 bits per heavy atom. The third-order valence-corrected chi connectivity index (χ3v) is 2.81. The van der Waals surface area contributed by atoms with Crippen LogP contribution in [0, 0.1) is 6.92 Å². The van der Waals surface area contributed by atoms with E-state index in [4.69, 9.17) is 15.0 Å². The van der Waals surface area contributed by atoms with Gasteiger partial charge in [-0.25, -0.2) is 0 Å². The van der Waals surface area contributed by atoms with E-state index in [-0.39, 0.29) is 0 Å². The van der Waals surface area contributed by atoms with Crippen molar-refractivity contribution < 1.29 is 9.26 Å². The molecule has 0 bridgehead atoms. The molecule has 2 rings (SSSR count). The largest absolute Gasteiger partial charge is 0.381 e. The van der Waals surface area contributed by atoms with Crippen molar-refractivity contribution in [1.82, 2.24) is 5.16 Å². The smallest absolute Gasteiger partial charge is 0.144 e. The van der Waals surface area contributed by atoms with Crippen LogP contribution in [0.2, 0.25) is 0 Å². The second-order valence-electron chi connectivity index (χ2n) is 3.70. The highest BCUT2D eigenvalue weighted by atomic mass is 16.5. The molecule has 1 saturated heterocycles. The summed E-state index contributed by atoms with van der Waals surface area (Å²) < 4.78 is 10.6. The van der Waals surface area contributed by atoms with Gasteiger partial charge < -0.3 is 15.0 Å². The molecule has 0 aromatic carbocycles. The van der Waals surface area contributed by atoms with Crippen molar-refractivity contribution in [1.29, 1.82) is 0 Å². The first-order valence-electron chi connectivity index (χ1n) is 5.05. The molecule has 0 spiro atoms. The second-order valence-corrected chi connectivity index (χ2v) is 3.70. The molecule has 0 saturated carbocycles. The molecular weight excluding hydrogens is 180 g/mol. The Kier molecular flexibility index (Phi) is 2.84. The minimum atomic E-state index is 0.448. The van der Waals surface area contributed by atoms with Crippen molar-refractivity contribution >= 4 is 0 Å². The highest BCUT2D eigenvalue weighted by molar-refractivity contribution is 5.24. The molecule has 4 heteroatoms. The number of aromatic nitrogens is 1. The summed E-state index contributed by atoms with van der Waals surface area (Å²) in [4.78, 5) is 0. The molecule has 1 aromatic heterocycles. The van der Waals surface area contributed by atoms with Gasteiger partial charge in [-0.3, -0.25) is 0 Å². The number of ether oxygens (including phenoxy) is 1. The maximum Gasteiger partial charge on any atom is 0.144 e. The molecule has 4 nitrogen and oxygen atoms in total. The van der Waals surface area contributed by atoms with Crippen LogP contribution in [0.1, 0.15) is 35.8 Å². The van der Waals surface area contributed by atoms with Crippen molar-refractivity contribution in [3.63, 3.8) is 0 Å². The van der Waals surface area contributed by atoms with E-state index in [1.54, 1.807) is 0 Å². The third kappa shape index (κ3) is 1.67. The topological polar surface area (TPSA) is 61.3 Å². The summed E-state index contributed by atoms with van der Waals surface area (Å²) in [6.45, 7) is 4.08. The van der Waals surface area contributed by atoms with Gasteiger partial charge in [-0.15, -0.1) is 0 Å². The Balaban J connectivity index is 2.21. The molecule has 0 aliphatic carbocycles. The van der Waals surface area contributed by atoms with E-state index in [1.165, 1.54) is 0 Å². The monoisotopic (exact) mass is 196 g/mol. The molecular formula is C10H16N2O2. The van der Waals surface area contributed by atoms with Crippen LogP contribution in [-0.4, -0.2) is 18.4 Å². The van der Waals surface area contributed by atoms with Gasteiger partial charge in [0.2, 0.25) is 0 Å². The molecule has 78 valence electrons. The normalized spacial score (nSPS) is 18.7. The fraction of sp³-hybridized carbons (Fsp3) is 0.700. The molecule has 1 aromatic rings. The lowest BCUT2D eigenvalue weighted by Crippen LogP contribution is -2.15. The van der Waals surface area contributed by atoms with Gasteiger partial charge in [0.05, 0.1) is 5.69 Å². The maximum absolute atomic E-state index is 5.67. The number of hydrogen-bond donors (Lipinski definition) is 1. The molecule has 0 atom stereocenters. The highest BCUT2D eigenvalue weighted by Gasteiger charge is 2.23. The molecule has 1 aliphatic heterocycles. The zero-order valence-corrected chi connectivity index (χ0v) is 8.45. The molecule has 2 heterocycles. The first-order chi connectivity index (χ1) is 6.83. The molecule has 0 unspecified atom stereocenters. The Labute approximate surface area is 83.4 Å². The molecule has 0 radical (unpaired) electrons. The van der Waals surface area contributed by atoms with Gasteiger partial charge in [0.1, 0.15) is 5.76 Å². The number of hydrogen-bond acceptors (Lipinski definition) is 4.